The average Bonchev–Trinajstić information content (AvgIpc) is 2.27. The van der Waals surface area contributed by atoms with Crippen molar-refractivity contribution in [3.8, 4) is 0 Å². The summed E-state index contributed by atoms with van der Waals surface area (Å²) >= 11 is 4.86. The highest BCUT2D eigenvalue weighted by Crippen LogP contribution is 2.23. The molecule has 0 aromatic heterocycles. The van der Waals surface area contributed by atoms with Crippen LogP contribution in [0.4, 0.5) is 0 Å². The molecule has 2 nitrogen and oxygen atoms in total. The lowest BCUT2D eigenvalue weighted by Gasteiger charge is -2.16. The molecule has 0 bridgehead atoms. The van der Waals surface area contributed by atoms with Crippen LogP contribution in [0.1, 0.15) is 18.5 Å². The minimum absolute atomic E-state index is 0.128. The molecule has 2 aromatic rings. The summed E-state index contributed by atoms with van der Waals surface area (Å²) in [4.78, 5) is 0. The minimum Gasteiger partial charge on any atom is -0.376 e. The van der Waals surface area contributed by atoms with Crippen LogP contribution < -0.4 is 11.1 Å². The molecule has 0 fully saturated rings. The van der Waals surface area contributed by atoms with Crippen LogP contribution in [-0.2, 0) is 0 Å². The lowest BCUT2D eigenvalue weighted by atomic mass is 10.00. The van der Waals surface area contributed by atoms with Gasteiger partial charge in [-0.1, -0.05) is 42.5 Å². The summed E-state index contributed by atoms with van der Waals surface area (Å²) in [6.45, 7) is 2.06. The maximum atomic E-state index is 5.50. The Morgan fingerprint density at radius 3 is 2.62 bits per heavy atom. The predicted octanol–water partition coefficient (Wildman–Crippen LogP) is 2.73. The number of nitrogens with two attached hydrogens (primary N) is 1. The van der Waals surface area contributed by atoms with E-state index in [1.54, 1.807) is 0 Å². The van der Waals surface area contributed by atoms with E-state index in [4.69, 9.17) is 18.0 Å². The average molecular weight is 230 g/mol. The number of thiocarbonyl (C=S) groups is 1. The third kappa shape index (κ3) is 2.14. The first-order valence-corrected chi connectivity index (χ1v) is 5.63. The first-order valence-electron chi connectivity index (χ1n) is 5.22. The van der Waals surface area contributed by atoms with Gasteiger partial charge in [-0.15, -0.1) is 0 Å². The second-order valence-electron chi connectivity index (χ2n) is 3.80. The molecule has 0 saturated heterocycles. The summed E-state index contributed by atoms with van der Waals surface area (Å²) in [6.07, 6.45) is 0. The summed E-state index contributed by atoms with van der Waals surface area (Å²) in [7, 11) is 0. The summed E-state index contributed by atoms with van der Waals surface area (Å²) in [5.74, 6) is 0. The Morgan fingerprint density at radius 2 is 1.88 bits per heavy atom. The molecule has 1 unspecified atom stereocenters. The molecule has 3 N–H and O–H groups in total. The number of nitrogens with one attached hydrogen (secondary N) is 1. The third-order valence-electron chi connectivity index (χ3n) is 2.65. The standard InChI is InChI=1S/C13H14N2S/c1-9(15-13(14)16)11-8-4-6-10-5-2-3-7-12(10)11/h2-9H,1H3,(H3,14,15,16). The molecule has 0 heterocycles. The summed E-state index contributed by atoms with van der Waals surface area (Å²) < 4.78 is 0. The van der Waals surface area contributed by atoms with Gasteiger partial charge in [-0.2, -0.15) is 0 Å². The van der Waals surface area contributed by atoms with E-state index in [-0.39, 0.29) is 6.04 Å². The SMILES string of the molecule is CC(NC(N)=S)c1cccc2ccccc12. The second kappa shape index (κ2) is 4.49. The maximum absolute atomic E-state index is 5.50. The Kier molecular flexibility index (Phi) is 3.06. The monoisotopic (exact) mass is 230 g/mol. The quantitative estimate of drug-likeness (QED) is 0.779. The van der Waals surface area contributed by atoms with Crippen LogP contribution in [0.3, 0.4) is 0 Å². The van der Waals surface area contributed by atoms with Crippen LogP contribution in [0.15, 0.2) is 42.5 Å². The van der Waals surface area contributed by atoms with Gasteiger partial charge in [0, 0.05) is 0 Å². The van der Waals surface area contributed by atoms with Gasteiger partial charge < -0.3 is 11.1 Å². The highest BCUT2D eigenvalue weighted by atomic mass is 32.1. The van der Waals surface area contributed by atoms with E-state index in [1.165, 1.54) is 16.3 Å². The molecule has 2 rings (SSSR count). The normalized spacial score (nSPS) is 12.3. The Morgan fingerprint density at radius 1 is 1.19 bits per heavy atom. The fourth-order valence-electron chi connectivity index (χ4n) is 1.92. The molecule has 0 saturated carbocycles. The largest absolute Gasteiger partial charge is 0.376 e. The van der Waals surface area contributed by atoms with Crippen molar-refractivity contribution < 1.29 is 0 Å². The van der Waals surface area contributed by atoms with Gasteiger partial charge in [0.05, 0.1) is 6.04 Å². The van der Waals surface area contributed by atoms with Gasteiger partial charge in [-0.3, -0.25) is 0 Å². The van der Waals surface area contributed by atoms with Gasteiger partial charge in [0.25, 0.3) is 0 Å². The minimum atomic E-state index is 0.128. The zero-order valence-corrected chi connectivity index (χ0v) is 9.92. The van der Waals surface area contributed by atoms with Crippen LogP contribution in [0.25, 0.3) is 10.8 Å². The van der Waals surface area contributed by atoms with Crippen molar-refractivity contribution in [1.29, 1.82) is 0 Å². The maximum Gasteiger partial charge on any atom is 0.164 e. The molecule has 2 aromatic carbocycles. The van der Waals surface area contributed by atoms with Crippen molar-refractivity contribution >= 4 is 28.1 Å². The van der Waals surface area contributed by atoms with Gasteiger partial charge in [0.1, 0.15) is 0 Å². The molecule has 0 spiro atoms. The van der Waals surface area contributed by atoms with E-state index in [0.717, 1.165) is 0 Å². The van der Waals surface area contributed by atoms with Gasteiger partial charge in [0.15, 0.2) is 5.11 Å². The topological polar surface area (TPSA) is 38.0 Å². The first-order chi connectivity index (χ1) is 7.68. The number of hydrogen-bond donors (Lipinski definition) is 2. The molecular weight excluding hydrogens is 216 g/mol. The summed E-state index contributed by atoms with van der Waals surface area (Å²) in [5.41, 5.74) is 6.71. The van der Waals surface area contributed by atoms with E-state index in [2.05, 4.69) is 42.6 Å². The highest BCUT2D eigenvalue weighted by molar-refractivity contribution is 7.80. The predicted molar refractivity (Wildman–Crippen MR) is 72.3 cm³/mol. The van der Waals surface area contributed by atoms with Gasteiger partial charge in [-0.05, 0) is 35.5 Å². The van der Waals surface area contributed by atoms with Crippen LogP contribution in [0, 0.1) is 0 Å². The first kappa shape index (κ1) is 10.9. The van der Waals surface area contributed by atoms with Crippen LogP contribution >= 0.6 is 12.2 Å². The third-order valence-corrected chi connectivity index (χ3v) is 2.77. The fraction of sp³-hybridized carbons (Fsp3) is 0.154. The molecule has 0 aliphatic carbocycles. The molecule has 3 heteroatoms. The van der Waals surface area contributed by atoms with E-state index >= 15 is 0 Å². The number of benzene rings is 2. The Balaban J connectivity index is 2.47. The van der Waals surface area contributed by atoms with Gasteiger partial charge in [0.2, 0.25) is 0 Å². The molecule has 0 amide bonds. The van der Waals surface area contributed by atoms with E-state index in [9.17, 15) is 0 Å². The van der Waals surface area contributed by atoms with Crippen LogP contribution in [0.5, 0.6) is 0 Å². The van der Waals surface area contributed by atoms with Crippen molar-refractivity contribution in [2.45, 2.75) is 13.0 Å². The number of hydrogen-bond acceptors (Lipinski definition) is 1. The smallest absolute Gasteiger partial charge is 0.164 e. The van der Waals surface area contributed by atoms with Crippen LogP contribution in [0.2, 0.25) is 0 Å². The lowest BCUT2D eigenvalue weighted by molar-refractivity contribution is 0.726. The molecule has 16 heavy (non-hydrogen) atoms. The molecule has 82 valence electrons. The van der Waals surface area contributed by atoms with E-state index in [1.807, 2.05) is 12.1 Å². The second-order valence-corrected chi connectivity index (χ2v) is 4.24. The Bertz CT molecular complexity index is 517. The molecule has 0 aliphatic rings. The molecule has 1 atom stereocenters. The molecule has 0 radical (unpaired) electrons. The van der Waals surface area contributed by atoms with Gasteiger partial charge >= 0.3 is 0 Å². The molecule has 0 aliphatic heterocycles. The van der Waals surface area contributed by atoms with Gasteiger partial charge in [-0.25, -0.2) is 0 Å². The molecular formula is C13H14N2S. The zero-order chi connectivity index (χ0) is 11.5. The van der Waals surface area contributed by atoms with E-state index < -0.39 is 0 Å². The zero-order valence-electron chi connectivity index (χ0n) is 9.10. The number of rotatable bonds is 2. The Labute approximate surface area is 100 Å². The van der Waals surface area contributed by atoms with Crippen molar-refractivity contribution in [2.75, 3.05) is 0 Å². The summed E-state index contributed by atoms with van der Waals surface area (Å²) in [6, 6.07) is 14.7. The van der Waals surface area contributed by atoms with Crippen LogP contribution in [-0.4, -0.2) is 5.11 Å². The highest BCUT2D eigenvalue weighted by Gasteiger charge is 2.08. The number of fused-ring (bicyclic) bond motifs is 1. The van der Waals surface area contributed by atoms with Crippen molar-refractivity contribution in [3.63, 3.8) is 0 Å². The Hall–Kier alpha value is -1.61. The summed E-state index contributed by atoms with van der Waals surface area (Å²) in [5, 5.41) is 5.86. The van der Waals surface area contributed by atoms with Crippen molar-refractivity contribution in [1.82, 2.24) is 5.32 Å². The fourth-order valence-corrected chi connectivity index (χ4v) is 2.10. The van der Waals surface area contributed by atoms with Crippen molar-refractivity contribution in [2.24, 2.45) is 5.73 Å². The van der Waals surface area contributed by atoms with E-state index in [0.29, 0.717) is 5.11 Å². The van der Waals surface area contributed by atoms with Crippen molar-refractivity contribution in [3.05, 3.63) is 48.0 Å². The lowest BCUT2D eigenvalue weighted by Crippen LogP contribution is -2.31.